The average molecular weight is 527 g/mol. The quantitative estimate of drug-likeness (QED) is 0.461. The number of esters is 1. The monoisotopic (exact) mass is 526 g/mol. The molecule has 12 heteroatoms. The largest absolute Gasteiger partial charge is 0.493 e. The Kier molecular flexibility index (Phi) is 10.4. The summed E-state index contributed by atoms with van der Waals surface area (Å²) < 4.78 is 32.3. The van der Waals surface area contributed by atoms with Gasteiger partial charge in [-0.15, -0.1) is 0 Å². The van der Waals surface area contributed by atoms with E-state index in [1.165, 1.54) is 38.3 Å². The zero-order chi connectivity index (χ0) is 27.8. The van der Waals surface area contributed by atoms with Crippen LogP contribution in [0.15, 0.2) is 12.1 Å². The van der Waals surface area contributed by atoms with Crippen LogP contribution in [0, 0.1) is 0 Å². The predicted molar refractivity (Wildman–Crippen MR) is 132 cm³/mol. The van der Waals surface area contributed by atoms with E-state index in [0.717, 1.165) is 0 Å². The summed E-state index contributed by atoms with van der Waals surface area (Å²) in [4.78, 5) is 39.8. The maximum absolute atomic E-state index is 13.3. The van der Waals surface area contributed by atoms with Gasteiger partial charge in [0.15, 0.2) is 11.5 Å². The summed E-state index contributed by atoms with van der Waals surface area (Å²) >= 11 is 0. The van der Waals surface area contributed by atoms with Crippen molar-refractivity contribution in [3.8, 4) is 17.2 Å². The van der Waals surface area contributed by atoms with E-state index >= 15 is 0 Å². The van der Waals surface area contributed by atoms with Crippen LogP contribution in [0.5, 0.6) is 17.2 Å². The summed E-state index contributed by atoms with van der Waals surface area (Å²) in [5.41, 5.74) is -1.48. The molecule has 1 atom stereocenters. The summed E-state index contributed by atoms with van der Waals surface area (Å²) in [6, 6.07) is 3.04. The summed E-state index contributed by atoms with van der Waals surface area (Å²) in [6.45, 7) is 7.08. The highest BCUT2D eigenvalue weighted by Gasteiger charge is 2.49. The van der Waals surface area contributed by atoms with Gasteiger partial charge in [-0.3, -0.25) is 4.90 Å². The first-order valence-electron chi connectivity index (χ1n) is 11.9. The van der Waals surface area contributed by atoms with Gasteiger partial charge in [0, 0.05) is 33.1 Å². The number of carbonyl (C=O) groups excluding carboxylic acids is 3. The number of aliphatic hydroxyl groups excluding tert-OH is 1. The molecule has 1 aromatic carbocycles. The van der Waals surface area contributed by atoms with Crippen LogP contribution in [0.25, 0.3) is 0 Å². The molecule has 0 bridgehead atoms. The molecule has 2 amide bonds. The van der Waals surface area contributed by atoms with Crippen molar-refractivity contribution in [2.24, 2.45) is 0 Å². The van der Waals surface area contributed by atoms with Crippen molar-refractivity contribution in [1.29, 1.82) is 0 Å². The van der Waals surface area contributed by atoms with E-state index in [4.69, 9.17) is 28.4 Å². The Morgan fingerprint density at radius 3 is 2.19 bits per heavy atom. The smallest absolute Gasteiger partial charge is 0.412 e. The Balaban J connectivity index is 2.04. The van der Waals surface area contributed by atoms with Crippen LogP contribution in [0.2, 0.25) is 0 Å². The lowest BCUT2D eigenvalue weighted by Gasteiger charge is -2.42. The third-order valence-electron chi connectivity index (χ3n) is 5.75. The number of methoxy groups -OCH3 is 2. The normalized spacial score (nSPS) is 15.7. The number of carbonyl (C=O) groups is 3. The number of ether oxygens (including phenoxy) is 6. The van der Waals surface area contributed by atoms with Crippen LogP contribution >= 0.6 is 0 Å². The number of aliphatic hydroxyl groups is 1. The number of amides is 2. The fourth-order valence-electron chi connectivity index (χ4n) is 3.71. The Morgan fingerprint density at radius 1 is 1.14 bits per heavy atom. The van der Waals surface area contributed by atoms with E-state index in [9.17, 15) is 19.5 Å². The van der Waals surface area contributed by atoms with Crippen molar-refractivity contribution in [1.82, 2.24) is 10.2 Å². The molecule has 0 aliphatic carbocycles. The van der Waals surface area contributed by atoms with E-state index in [2.05, 4.69) is 5.32 Å². The maximum Gasteiger partial charge on any atom is 0.412 e. The number of rotatable bonds is 9. The molecule has 2 N–H and O–H groups in total. The van der Waals surface area contributed by atoms with E-state index in [0.29, 0.717) is 5.56 Å². The summed E-state index contributed by atoms with van der Waals surface area (Å²) in [5.74, 6) is -0.186. The van der Waals surface area contributed by atoms with Gasteiger partial charge in [-0.2, -0.15) is 0 Å². The average Bonchev–Trinajstić information content (AvgIpc) is 2.86. The van der Waals surface area contributed by atoms with Crippen LogP contribution < -0.4 is 19.5 Å². The standard InChI is InChI=1S/C25H38N2O10/c1-16(14-26-22(30)36-20-18(32-6)12-17(15-28)13-19(20)33-7)35-21(29)25(8-10-34-11-9-25)27(5)23(31)37-24(2,3)4/h12-13,16,28H,8-11,14-15H2,1-7H3,(H,26,30). The third-order valence-corrected chi connectivity index (χ3v) is 5.75. The molecule has 1 unspecified atom stereocenters. The molecule has 0 spiro atoms. The minimum atomic E-state index is -1.26. The molecule has 1 fully saturated rings. The fourth-order valence-corrected chi connectivity index (χ4v) is 3.71. The highest BCUT2D eigenvalue weighted by Crippen LogP contribution is 2.38. The SMILES string of the molecule is COc1cc(CO)cc(OC)c1OC(=O)NCC(C)OC(=O)C1(N(C)C(=O)OC(C)(C)C)CCOCC1. The van der Waals surface area contributed by atoms with Gasteiger partial charge in [0.05, 0.1) is 27.4 Å². The molecule has 12 nitrogen and oxygen atoms in total. The number of hydrogen-bond acceptors (Lipinski definition) is 10. The van der Waals surface area contributed by atoms with Crippen molar-refractivity contribution in [2.75, 3.05) is 41.0 Å². The molecule has 1 aliphatic rings. The molecule has 1 aliphatic heterocycles. The van der Waals surface area contributed by atoms with Crippen molar-refractivity contribution in [3.63, 3.8) is 0 Å². The van der Waals surface area contributed by atoms with Crippen molar-refractivity contribution in [3.05, 3.63) is 17.7 Å². The minimum absolute atomic E-state index is 0.0319. The van der Waals surface area contributed by atoms with Crippen LogP contribution in [-0.2, 0) is 25.6 Å². The van der Waals surface area contributed by atoms with Crippen molar-refractivity contribution >= 4 is 18.2 Å². The number of nitrogens with one attached hydrogen (secondary N) is 1. The lowest BCUT2D eigenvalue weighted by atomic mass is 9.88. The summed E-state index contributed by atoms with van der Waals surface area (Å²) in [5, 5.41) is 11.9. The molecular weight excluding hydrogens is 488 g/mol. The van der Waals surface area contributed by atoms with E-state index in [1.54, 1.807) is 27.7 Å². The van der Waals surface area contributed by atoms with Gasteiger partial charge in [0.1, 0.15) is 17.2 Å². The van der Waals surface area contributed by atoms with Crippen LogP contribution in [0.4, 0.5) is 9.59 Å². The van der Waals surface area contributed by atoms with Gasteiger partial charge in [0.2, 0.25) is 5.75 Å². The molecule has 0 aromatic heterocycles. The molecule has 208 valence electrons. The highest BCUT2D eigenvalue weighted by molar-refractivity contribution is 5.86. The van der Waals surface area contributed by atoms with E-state index in [-0.39, 0.29) is 56.5 Å². The van der Waals surface area contributed by atoms with Crippen LogP contribution in [0.3, 0.4) is 0 Å². The first kappa shape index (κ1) is 30.0. The van der Waals surface area contributed by atoms with E-state index in [1.807, 2.05) is 0 Å². The number of benzene rings is 1. The van der Waals surface area contributed by atoms with Crippen LogP contribution in [0.1, 0.15) is 46.1 Å². The first-order valence-corrected chi connectivity index (χ1v) is 11.9. The second-order valence-electron chi connectivity index (χ2n) is 9.66. The van der Waals surface area contributed by atoms with Gasteiger partial charge in [0.25, 0.3) is 0 Å². The molecule has 1 aromatic rings. The zero-order valence-corrected chi connectivity index (χ0v) is 22.5. The Morgan fingerprint density at radius 2 is 1.70 bits per heavy atom. The predicted octanol–water partition coefficient (Wildman–Crippen LogP) is 2.63. The lowest BCUT2D eigenvalue weighted by Crippen LogP contribution is -2.60. The lowest BCUT2D eigenvalue weighted by molar-refractivity contribution is -0.168. The molecular formula is C25H38N2O10. The third kappa shape index (κ3) is 7.86. The van der Waals surface area contributed by atoms with Gasteiger partial charge in [-0.25, -0.2) is 14.4 Å². The van der Waals surface area contributed by atoms with E-state index < -0.39 is 35.4 Å². The highest BCUT2D eigenvalue weighted by atomic mass is 16.6. The van der Waals surface area contributed by atoms with Gasteiger partial charge < -0.3 is 38.8 Å². The van der Waals surface area contributed by atoms with Crippen molar-refractivity contribution in [2.45, 2.75) is 64.4 Å². The molecule has 1 saturated heterocycles. The number of hydrogen-bond donors (Lipinski definition) is 2. The minimum Gasteiger partial charge on any atom is -0.493 e. The molecule has 37 heavy (non-hydrogen) atoms. The molecule has 0 saturated carbocycles. The number of nitrogens with zero attached hydrogens (tertiary/aromatic N) is 1. The number of likely N-dealkylation sites (N-methyl/N-ethyl adjacent to an activating group) is 1. The second kappa shape index (κ2) is 12.8. The Bertz CT molecular complexity index is 928. The maximum atomic E-state index is 13.3. The molecule has 1 heterocycles. The Labute approximate surface area is 217 Å². The molecule has 2 rings (SSSR count). The Hall–Kier alpha value is -3.25. The van der Waals surface area contributed by atoms with Gasteiger partial charge >= 0.3 is 18.2 Å². The van der Waals surface area contributed by atoms with Crippen LogP contribution in [-0.4, -0.2) is 86.4 Å². The first-order chi connectivity index (χ1) is 17.4. The second-order valence-corrected chi connectivity index (χ2v) is 9.66. The fraction of sp³-hybridized carbons (Fsp3) is 0.640. The summed E-state index contributed by atoms with van der Waals surface area (Å²) in [7, 11) is 4.29. The zero-order valence-electron chi connectivity index (χ0n) is 22.5. The molecule has 0 radical (unpaired) electrons. The topological polar surface area (TPSA) is 142 Å². The van der Waals surface area contributed by atoms with Gasteiger partial charge in [-0.1, -0.05) is 0 Å². The summed E-state index contributed by atoms with van der Waals surface area (Å²) in [6.07, 6.45) is -1.73. The van der Waals surface area contributed by atoms with Crippen molar-refractivity contribution < 1.29 is 47.9 Å². The van der Waals surface area contributed by atoms with Gasteiger partial charge in [-0.05, 0) is 45.4 Å².